The molecule has 24 heavy (non-hydrogen) atoms. The highest BCUT2D eigenvalue weighted by molar-refractivity contribution is 6.01. The summed E-state index contributed by atoms with van der Waals surface area (Å²) in [6.45, 7) is 0.331. The molecule has 0 saturated heterocycles. The largest absolute Gasteiger partial charge is 0.497 e. The molecule has 2 aromatic carbocycles. The zero-order valence-electron chi connectivity index (χ0n) is 13.3. The number of hydrogen-bond acceptors (Lipinski definition) is 3. The summed E-state index contributed by atoms with van der Waals surface area (Å²) in [4.78, 5) is 14.4. The minimum atomic E-state index is -0.234. The molecule has 0 aliphatic carbocycles. The molecule has 0 aliphatic rings. The molecule has 0 unspecified atom stereocenters. The number of carbonyl (C=O) groups is 1. The summed E-state index contributed by atoms with van der Waals surface area (Å²) in [5.74, 6) is 1.44. The fourth-order valence-electron chi connectivity index (χ4n) is 2.31. The van der Waals surface area contributed by atoms with Crippen molar-refractivity contribution in [3.8, 4) is 5.75 Å². The molecule has 0 radical (unpaired) electrons. The summed E-state index contributed by atoms with van der Waals surface area (Å²) < 4.78 is 10.6. The predicted octanol–water partition coefficient (Wildman–Crippen LogP) is 4.53. The second-order valence-electron chi connectivity index (χ2n) is 5.16. The number of carbonyl (C=O) groups excluding carboxylic acids is 1. The average Bonchev–Trinajstić information content (AvgIpc) is 3.14. The van der Waals surface area contributed by atoms with E-state index in [4.69, 9.17) is 9.15 Å². The molecule has 1 N–H and O–H groups in total. The number of amides is 2. The first-order chi connectivity index (χ1) is 11.8. The van der Waals surface area contributed by atoms with Crippen molar-refractivity contribution in [3.05, 3.63) is 78.8 Å². The van der Waals surface area contributed by atoms with Gasteiger partial charge in [-0.1, -0.05) is 18.2 Å². The number of urea groups is 1. The van der Waals surface area contributed by atoms with Crippen molar-refractivity contribution < 1.29 is 13.9 Å². The molecular formula is C19H18N2O3. The molecule has 0 saturated carbocycles. The number of rotatable bonds is 5. The number of nitrogens with zero attached hydrogens (tertiary/aromatic N) is 1. The molecule has 5 heteroatoms. The fraction of sp³-hybridized carbons (Fsp3) is 0.105. The maximum atomic E-state index is 12.7. The first-order valence-electron chi connectivity index (χ1n) is 7.56. The van der Waals surface area contributed by atoms with Crippen LogP contribution in [0.25, 0.3) is 0 Å². The van der Waals surface area contributed by atoms with E-state index < -0.39 is 0 Å². The number of benzene rings is 2. The molecule has 3 aromatic rings. The number of hydrogen-bond donors (Lipinski definition) is 1. The Bertz CT molecular complexity index is 768. The third-order valence-electron chi connectivity index (χ3n) is 3.55. The van der Waals surface area contributed by atoms with Crippen molar-refractivity contribution in [1.29, 1.82) is 0 Å². The monoisotopic (exact) mass is 322 g/mol. The molecule has 0 aliphatic heterocycles. The molecule has 0 bridgehead atoms. The van der Waals surface area contributed by atoms with Crippen LogP contribution in [0.15, 0.2) is 77.4 Å². The van der Waals surface area contributed by atoms with Crippen molar-refractivity contribution >= 4 is 17.4 Å². The second kappa shape index (κ2) is 7.37. The minimum absolute atomic E-state index is 0.234. The van der Waals surface area contributed by atoms with E-state index >= 15 is 0 Å². The average molecular weight is 322 g/mol. The molecule has 0 atom stereocenters. The first kappa shape index (κ1) is 15.7. The zero-order valence-corrected chi connectivity index (χ0v) is 13.3. The Kier molecular flexibility index (Phi) is 4.81. The maximum absolute atomic E-state index is 12.7. The van der Waals surface area contributed by atoms with Gasteiger partial charge in [0.25, 0.3) is 0 Å². The van der Waals surface area contributed by atoms with Crippen LogP contribution in [-0.2, 0) is 6.54 Å². The van der Waals surface area contributed by atoms with Crippen LogP contribution in [0.4, 0.5) is 16.2 Å². The highest BCUT2D eigenvalue weighted by atomic mass is 16.5. The van der Waals surface area contributed by atoms with Crippen LogP contribution in [-0.4, -0.2) is 13.1 Å². The Labute approximate surface area is 140 Å². The van der Waals surface area contributed by atoms with Gasteiger partial charge in [0.15, 0.2) is 0 Å². The van der Waals surface area contributed by atoms with Gasteiger partial charge in [0.05, 0.1) is 19.9 Å². The summed E-state index contributed by atoms with van der Waals surface area (Å²) in [5.41, 5.74) is 1.49. The van der Waals surface area contributed by atoms with E-state index in [0.717, 1.165) is 17.1 Å². The van der Waals surface area contributed by atoms with Crippen molar-refractivity contribution in [1.82, 2.24) is 0 Å². The summed E-state index contributed by atoms with van der Waals surface area (Å²) in [7, 11) is 1.61. The van der Waals surface area contributed by atoms with Gasteiger partial charge in [-0.25, -0.2) is 4.79 Å². The SMILES string of the molecule is COc1ccc(N(Cc2ccco2)C(=O)Nc2ccccc2)cc1. The summed E-state index contributed by atoms with van der Waals surface area (Å²) >= 11 is 0. The van der Waals surface area contributed by atoms with Gasteiger partial charge in [-0.2, -0.15) is 0 Å². The lowest BCUT2D eigenvalue weighted by molar-refractivity contribution is 0.256. The van der Waals surface area contributed by atoms with Crippen LogP contribution in [0.5, 0.6) is 5.75 Å². The lowest BCUT2D eigenvalue weighted by Gasteiger charge is -2.22. The number of methoxy groups -OCH3 is 1. The third-order valence-corrected chi connectivity index (χ3v) is 3.55. The van der Waals surface area contributed by atoms with E-state index in [0.29, 0.717) is 12.3 Å². The van der Waals surface area contributed by atoms with E-state index in [1.165, 1.54) is 0 Å². The Hall–Kier alpha value is -3.21. The molecule has 122 valence electrons. The lowest BCUT2D eigenvalue weighted by atomic mass is 10.2. The Balaban J connectivity index is 1.84. The van der Waals surface area contributed by atoms with Crippen molar-refractivity contribution in [2.24, 2.45) is 0 Å². The van der Waals surface area contributed by atoms with E-state index in [2.05, 4.69) is 5.32 Å². The topological polar surface area (TPSA) is 54.7 Å². The normalized spacial score (nSPS) is 10.2. The van der Waals surface area contributed by atoms with Gasteiger partial charge < -0.3 is 14.5 Å². The smallest absolute Gasteiger partial charge is 0.326 e. The highest BCUT2D eigenvalue weighted by Crippen LogP contribution is 2.22. The van der Waals surface area contributed by atoms with Crippen LogP contribution in [0.1, 0.15) is 5.76 Å². The number of nitrogens with one attached hydrogen (secondary N) is 1. The van der Waals surface area contributed by atoms with Crippen molar-refractivity contribution in [2.75, 3.05) is 17.3 Å². The molecule has 0 fully saturated rings. The number of ether oxygens (including phenoxy) is 1. The van der Waals surface area contributed by atoms with Gasteiger partial charge in [-0.15, -0.1) is 0 Å². The van der Waals surface area contributed by atoms with E-state index in [1.54, 1.807) is 24.3 Å². The standard InChI is InChI=1S/C19H18N2O3/c1-23-17-11-9-16(10-12-17)21(14-18-8-5-13-24-18)19(22)20-15-6-3-2-4-7-15/h2-13H,14H2,1H3,(H,20,22). The summed E-state index contributed by atoms with van der Waals surface area (Å²) in [6.07, 6.45) is 1.59. The van der Waals surface area contributed by atoms with Crippen LogP contribution in [0.2, 0.25) is 0 Å². The Morgan fingerprint density at radius 1 is 1.04 bits per heavy atom. The highest BCUT2D eigenvalue weighted by Gasteiger charge is 2.18. The van der Waals surface area contributed by atoms with Gasteiger partial charge in [-0.05, 0) is 48.5 Å². The maximum Gasteiger partial charge on any atom is 0.326 e. The molecular weight excluding hydrogens is 304 g/mol. The zero-order chi connectivity index (χ0) is 16.8. The van der Waals surface area contributed by atoms with Crippen LogP contribution in [0, 0.1) is 0 Å². The summed E-state index contributed by atoms with van der Waals surface area (Å²) in [5, 5.41) is 2.90. The van der Waals surface area contributed by atoms with Crippen LogP contribution in [0.3, 0.4) is 0 Å². The molecule has 2 amide bonds. The predicted molar refractivity (Wildman–Crippen MR) is 93.3 cm³/mol. The van der Waals surface area contributed by atoms with E-state index in [1.807, 2.05) is 60.7 Å². The lowest BCUT2D eigenvalue weighted by Crippen LogP contribution is -2.34. The van der Waals surface area contributed by atoms with Gasteiger partial charge in [0, 0.05) is 11.4 Å². The van der Waals surface area contributed by atoms with Gasteiger partial charge in [-0.3, -0.25) is 4.90 Å². The van der Waals surface area contributed by atoms with Crippen LogP contribution < -0.4 is 15.0 Å². The molecule has 1 aromatic heterocycles. The summed E-state index contributed by atoms with van der Waals surface area (Å²) in [6, 6.07) is 20.1. The van der Waals surface area contributed by atoms with Gasteiger partial charge in [0.2, 0.25) is 0 Å². The quantitative estimate of drug-likeness (QED) is 0.751. The first-order valence-corrected chi connectivity index (χ1v) is 7.56. The molecule has 5 nitrogen and oxygen atoms in total. The molecule has 1 heterocycles. The van der Waals surface area contributed by atoms with Crippen molar-refractivity contribution in [3.63, 3.8) is 0 Å². The third kappa shape index (κ3) is 3.76. The van der Waals surface area contributed by atoms with Crippen molar-refractivity contribution in [2.45, 2.75) is 6.54 Å². The second-order valence-corrected chi connectivity index (χ2v) is 5.16. The number of furan rings is 1. The van der Waals surface area contributed by atoms with Gasteiger partial charge in [0.1, 0.15) is 11.5 Å². The Morgan fingerprint density at radius 3 is 2.42 bits per heavy atom. The molecule has 0 spiro atoms. The number of anilines is 2. The fourth-order valence-corrected chi connectivity index (χ4v) is 2.31. The number of para-hydroxylation sites is 1. The minimum Gasteiger partial charge on any atom is -0.497 e. The van der Waals surface area contributed by atoms with Gasteiger partial charge >= 0.3 is 6.03 Å². The van der Waals surface area contributed by atoms with E-state index in [9.17, 15) is 4.79 Å². The van der Waals surface area contributed by atoms with E-state index in [-0.39, 0.29) is 6.03 Å². The van der Waals surface area contributed by atoms with Crippen LogP contribution >= 0.6 is 0 Å². The Morgan fingerprint density at radius 2 is 1.79 bits per heavy atom. The molecule has 3 rings (SSSR count).